The van der Waals surface area contributed by atoms with Gasteiger partial charge in [-0.15, -0.1) is 0 Å². The van der Waals surface area contributed by atoms with Gasteiger partial charge in [-0.2, -0.15) is 0 Å². The molecule has 0 aliphatic rings. The Kier molecular flexibility index (Phi) is 4.25. The molecule has 0 radical (unpaired) electrons. The normalized spacial score (nSPS) is 12.1. The number of aromatic nitrogens is 2. The monoisotopic (exact) mass is 243 g/mol. The predicted octanol–water partition coefficient (Wildman–Crippen LogP) is 2.34. The van der Waals surface area contributed by atoms with Gasteiger partial charge in [0.15, 0.2) is 0 Å². The van der Waals surface area contributed by atoms with E-state index in [1.165, 1.54) is 0 Å². The lowest BCUT2D eigenvalue weighted by molar-refractivity contribution is 0.406. The van der Waals surface area contributed by atoms with E-state index in [0.29, 0.717) is 0 Å². The predicted molar refractivity (Wildman–Crippen MR) is 70.3 cm³/mol. The van der Waals surface area contributed by atoms with E-state index in [0.717, 1.165) is 23.6 Å². The second kappa shape index (κ2) is 6.12. The summed E-state index contributed by atoms with van der Waals surface area (Å²) in [4.78, 5) is 8.34. The fourth-order valence-corrected chi connectivity index (χ4v) is 1.75. The molecule has 4 nitrogen and oxygen atoms in total. The van der Waals surface area contributed by atoms with Crippen LogP contribution in [0.4, 0.5) is 0 Å². The van der Waals surface area contributed by atoms with Crippen LogP contribution in [0, 0.1) is 0 Å². The highest BCUT2D eigenvalue weighted by Crippen LogP contribution is 2.18. The van der Waals surface area contributed by atoms with Gasteiger partial charge in [0.05, 0.1) is 12.8 Å². The van der Waals surface area contributed by atoms with Crippen molar-refractivity contribution in [3.8, 4) is 5.75 Å². The molecular formula is C14H17N3O. The van der Waals surface area contributed by atoms with Crippen molar-refractivity contribution in [1.82, 2.24) is 15.3 Å². The Morgan fingerprint density at radius 1 is 1.28 bits per heavy atom. The molecule has 1 aromatic carbocycles. The first-order valence-electron chi connectivity index (χ1n) is 5.92. The molecule has 18 heavy (non-hydrogen) atoms. The highest BCUT2D eigenvalue weighted by molar-refractivity contribution is 5.33. The number of benzene rings is 1. The first-order chi connectivity index (χ1) is 8.81. The highest BCUT2D eigenvalue weighted by Gasteiger charge is 2.07. The van der Waals surface area contributed by atoms with E-state index in [1.807, 2.05) is 18.2 Å². The van der Waals surface area contributed by atoms with E-state index in [2.05, 4.69) is 28.3 Å². The van der Waals surface area contributed by atoms with Crippen LogP contribution >= 0.6 is 0 Å². The molecule has 1 heterocycles. The largest absolute Gasteiger partial charge is 0.496 e. The lowest BCUT2D eigenvalue weighted by Crippen LogP contribution is -2.19. The molecule has 1 atom stereocenters. The van der Waals surface area contributed by atoms with Gasteiger partial charge in [0.1, 0.15) is 5.75 Å². The van der Waals surface area contributed by atoms with E-state index in [9.17, 15) is 0 Å². The zero-order valence-corrected chi connectivity index (χ0v) is 10.6. The summed E-state index contributed by atoms with van der Waals surface area (Å²) in [6.45, 7) is 2.81. The van der Waals surface area contributed by atoms with E-state index >= 15 is 0 Å². The summed E-state index contributed by atoms with van der Waals surface area (Å²) >= 11 is 0. The smallest absolute Gasteiger partial charge is 0.123 e. The molecule has 94 valence electrons. The Labute approximate surface area is 107 Å². The summed E-state index contributed by atoms with van der Waals surface area (Å²) in [5.41, 5.74) is 2.07. The zero-order valence-electron chi connectivity index (χ0n) is 10.6. The van der Waals surface area contributed by atoms with Crippen molar-refractivity contribution in [1.29, 1.82) is 0 Å². The van der Waals surface area contributed by atoms with Crippen LogP contribution in [0.2, 0.25) is 0 Å². The lowest BCUT2D eigenvalue weighted by atomic mass is 10.1. The van der Waals surface area contributed by atoms with Crippen LogP contribution in [-0.4, -0.2) is 17.1 Å². The standard InChI is InChI=1S/C14H17N3O/c1-11(13-10-15-7-8-16-13)17-9-12-5-3-4-6-14(12)18-2/h3-8,10-11,17H,9H2,1-2H3. The molecule has 0 spiro atoms. The van der Waals surface area contributed by atoms with Gasteiger partial charge >= 0.3 is 0 Å². The Morgan fingerprint density at radius 2 is 2.11 bits per heavy atom. The minimum absolute atomic E-state index is 0.156. The van der Waals surface area contributed by atoms with Crippen LogP contribution in [0.1, 0.15) is 24.2 Å². The van der Waals surface area contributed by atoms with Gasteiger partial charge < -0.3 is 10.1 Å². The molecule has 0 saturated heterocycles. The van der Waals surface area contributed by atoms with Crippen molar-refractivity contribution in [2.75, 3.05) is 7.11 Å². The maximum atomic E-state index is 5.32. The summed E-state index contributed by atoms with van der Waals surface area (Å²) in [6, 6.07) is 8.14. The minimum Gasteiger partial charge on any atom is -0.496 e. The van der Waals surface area contributed by atoms with Gasteiger partial charge in [-0.1, -0.05) is 18.2 Å². The number of ether oxygens (including phenoxy) is 1. The number of hydrogen-bond acceptors (Lipinski definition) is 4. The van der Waals surface area contributed by atoms with E-state index in [4.69, 9.17) is 4.74 Å². The molecule has 1 unspecified atom stereocenters. The summed E-state index contributed by atoms with van der Waals surface area (Å²) in [5.74, 6) is 0.899. The molecule has 1 N–H and O–H groups in total. The molecule has 0 saturated carbocycles. The number of para-hydroxylation sites is 1. The number of nitrogens with zero attached hydrogens (tertiary/aromatic N) is 2. The third kappa shape index (κ3) is 3.05. The van der Waals surface area contributed by atoms with Crippen molar-refractivity contribution >= 4 is 0 Å². The third-order valence-corrected chi connectivity index (χ3v) is 2.82. The molecule has 0 fully saturated rings. The number of nitrogens with one attached hydrogen (secondary N) is 1. The van der Waals surface area contributed by atoms with Crippen molar-refractivity contribution in [3.05, 3.63) is 54.1 Å². The zero-order chi connectivity index (χ0) is 12.8. The average Bonchev–Trinajstić information content (AvgIpc) is 2.46. The maximum absolute atomic E-state index is 5.32. The second-order valence-electron chi connectivity index (χ2n) is 4.04. The topological polar surface area (TPSA) is 47.0 Å². The van der Waals surface area contributed by atoms with Gasteiger partial charge in [0, 0.05) is 36.7 Å². The SMILES string of the molecule is COc1ccccc1CNC(C)c1cnccn1. The fraction of sp³-hybridized carbons (Fsp3) is 0.286. The van der Waals surface area contributed by atoms with E-state index in [-0.39, 0.29) is 6.04 Å². The molecule has 0 bridgehead atoms. The molecule has 2 aromatic rings. The van der Waals surface area contributed by atoms with Crippen LogP contribution < -0.4 is 10.1 Å². The van der Waals surface area contributed by atoms with Crippen molar-refractivity contribution in [3.63, 3.8) is 0 Å². The quantitative estimate of drug-likeness (QED) is 0.875. The van der Waals surface area contributed by atoms with Crippen LogP contribution in [0.15, 0.2) is 42.9 Å². The molecular weight excluding hydrogens is 226 g/mol. The fourth-order valence-electron chi connectivity index (χ4n) is 1.75. The number of methoxy groups -OCH3 is 1. The second-order valence-corrected chi connectivity index (χ2v) is 4.04. The van der Waals surface area contributed by atoms with Gasteiger partial charge in [-0.25, -0.2) is 0 Å². The Bertz CT molecular complexity index is 487. The molecule has 0 amide bonds. The average molecular weight is 243 g/mol. The third-order valence-electron chi connectivity index (χ3n) is 2.82. The lowest BCUT2D eigenvalue weighted by Gasteiger charge is -2.14. The van der Waals surface area contributed by atoms with Crippen LogP contribution in [-0.2, 0) is 6.54 Å². The molecule has 0 aliphatic heterocycles. The van der Waals surface area contributed by atoms with Gasteiger partial charge in [-0.3, -0.25) is 9.97 Å². The van der Waals surface area contributed by atoms with Crippen molar-refractivity contribution in [2.24, 2.45) is 0 Å². The summed E-state index contributed by atoms with van der Waals surface area (Å²) in [7, 11) is 1.69. The molecule has 0 aliphatic carbocycles. The molecule has 2 rings (SSSR count). The van der Waals surface area contributed by atoms with Gasteiger partial charge in [0.25, 0.3) is 0 Å². The summed E-state index contributed by atoms with van der Waals surface area (Å²) in [5, 5.41) is 3.41. The Hall–Kier alpha value is -1.94. The van der Waals surface area contributed by atoms with E-state index in [1.54, 1.807) is 25.7 Å². The Balaban J connectivity index is 1.99. The maximum Gasteiger partial charge on any atom is 0.123 e. The van der Waals surface area contributed by atoms with E-state index < -0.39 is 0 Å². The highest BCUT2D eigenvalue weighted by atomic mass is 16.5. The number of rotatable bonds is 5. The summed E-state index contributed by atoms with van der Waals surface area (Å²) < 4.78 is 5.32. The van der Waals surface area contributed by atoms with Crippen molar-refractivity contribution < 1.29 is 4.74 Å². The molecule has 4 heteroatoms. The Morgan fingerprint density at radius 3 is 2.83 bits per heavy atom. The first-order valence-corrected chi connectivity index (χ1v) is 5.92. The minimum atomic E-state index is 0.156. The number of hydrogen-bond donors (Lipinski definition) is 1. The summed E-state index contributed by atoms with van der Waals surface area (Å²) in [6.07, 6.45) is 5.16. The van der Waals surface area contributed by atoms with Gasteiger partial charge in [0.2, 0.25) is 0 Å². The first kappa shape index (κ1) is 12.5. The van der Waals surface area contributed by atoms with Crippen LogP contribution in [0.3, 0.4) is 0 Å². The van der Waals surface area contributed by atoms with Crippen LogP contribution in [0.25, 0.3) is 0 Å². The van der Waals surface area contributed by atoms with Crippen molar-refractivity contribution in [2.45, 2.75) is 19.5 Å². The van der Waals surface area contributed by atoms with Gasteiger partial charge in [-0.05, 0) is 13.0 Å². The van der Waals surface area contributed by atoms with Crippen LogP contribution in [0.5, 0.6) is 5.75 Å². The molecule has 1 aromatic heterocycles.